The first kappa shape index (κ1) is 27.2. The minimum atomic E-state index is 0. The molecule has 0 spiro atoms. The summed E-state index contributed by atoms with van der Waals surface area (Å²) in [5.41, 5.74) is 8.87. The maximum absolute atomic E-state index is 3.94. The molecule has 2 aromatic rings. The second-order valence-electron chi connectivity index (χ2n) is 8.55. The summed E-state index contributed by atoms with van der Waals surface area (Å²) in [6.07, 6.45) is 14.8. The Morgan fingerprint density at radius 2 is 1.70 bits per heavy atom. The van der Waals surface area contributed by atoms with Gasteiger partial charge in [0.25, 0.3) is 0 Å². The largest absolute Gasteiger partial charge is 2.00 e. The molecule has 2 aliphatic rings. The fraction of sp³-hybridized carbons (Fsp3) is 0.333. The van der Waals surface area contributed by atoms with Gasteiger partial charge in [-0.05, 0) is 66.3 Å². The maximum Gasteiger partial charge on any atom is 2.00 e. The minimum absolute atomic E-state index is 0. The van der Waals surface area contributed by atoms with Gasteiger partial charge in [-0.1, -0.05) is 79.3 Å². The molecule has 2 aliphatic carbocycles. The number of hydrogen-bond acceptors (Lipinski definition) is 0. The van der Waals surface area contributed by atoms with Crippen LogP contribution < -0.4 is 24.8 Å². The van der Waals surface area contributed by atoms with Gasteiger partial charge in [0.1, 0.15) is 0 Å². The van der Waals surface area contributed by atoms with Gasteiger partial charge < -0.3 is 24.8 Å². The molecule has 2 atom stereocenters. The first-order chi connectivity index (χ1) is 13.1. The summed E-state index contributed by atoms with van der Waals surface area (Å²) in [5.74, 6) is 0.914. The third-order valence-electron chi connectivity index (χ3n) is 6.70. The monoisotopic (exact) mass is 514 g/mol. The molecular formula is C27H30Cl2Zr. The number of fused-ring (bicyclic) bond motifs is 3. The van der Waals surface area contributed by atoms with Crippen molar-refractivity contribution < 1.29 is 51.0 Å². The van der Waals surface area contributed by atoms with Crippen molar-refractivity contribution in [3.8, 4) is 11.1 Å². The standard InChI is InChI=1S/C27H30.2ClH.Zr/c1-5-6-9-17-27(4,21-12-7-8-13-21)26-23-14-10-11-20(3)25(23)22-16-15-19(2)18-24(22)26;;;/h5,7-8,10-16,18,21,26H,1,6,9,17H2,2-4H3;2*1H;/q;;;+2/p-2. The van der Waals surface area contributed by atoms with Crippen LogP contribution in [0, 0.1) is 25.2 Å². The van der Waals surface area contributed by atoms with E-state index in [-0.39, 0.29) is 56.4 Å². The summed E-state index contributed by atoms with van der Waals surface area (Å²) >= 11 is 0. The Hall–Kier alpha value is -0.877. The van der Waals surface area contributed by atoms with Gasteiger partial charge in [-0.15, -0.1) is 6.58 Å². The summed E-state index contributed by atoms with van der Waals surface area (Å²) in [4.78, 5) is 0. The Kier molecular flexibility index (Phi) is 10.1. The van der Waals surface area contributed by atoms with Crippen LogP contribution in [0.5, 0.6) is 0 Å². The van der Waals surface area contributed by atoms with Gasteiger partial charge in [0.2, 0.25) is 0 Å². The van der Waals surface area contributed by atoms with E-state index in [1.54, 1.807) is 0 Å². The molecule has 0 saturated heterocycles. The van der Waals surface area contributed by atoms with E-state index in [0.717, 1.165) is 6.42 Å². The Morgan fingerprint density at radius 1 is 1.00 bits per heavy atom. The van der Waals surface area contributed by atoms with E-state index in [1.807, 2.05) is 0 Å². The fourth-order valence-corrected chi connectivity index (χ4v) is 5.33. The number of unbranched alkanes of at least 4 members (excludes halogenated alkanes) is 1. The molecule has 4 rings (SSSR count). The molecule has 0 heterocycles. The van der Waals surface area contributed by atoms with Crippen molar-refractivity contribution in [1.29, 1.82) is 0 Å². The number of allylic oxidation sites excluding steroid dienone is 5. The molecule has 2 aromatic carbocycles. The van der Waals surface area contributed by atoms with E-state index < -0.39 is 0 Å². The normalized spacial score (nSPS) is 17.8. The van der Waals surface area contributed by atoms with Crippen molar-refractivity contribution in [1.82, 2.24) is 0 Å². The molecule has 0 amide bonds. The summed E-state index contributed by atoms with van der Waals surface area (Å²) in [5, 5.41) is 0. The van der Waals surface area contributed by atoms with E-state index >= 15 is 0 Å². The molecule has 0 aliphatic heterocycles. The third-order valence-corrected chi connectivity index (χ3v) is 6.70. The smallest absolute Gasteiger partial charge is 1.00 e. The molecule has 0 bridgehead atoms. The van der Waals surface area contributed by atoms with Crippen LogP contribution in [0.3, 0.4) is 0 Å². The summed E-state index contributed by atoms with van der Waals surface area (Å²) < 4.78 is 0. The molecule has 0 fully saturated rings. The maximum atomic E-state index is 3.94. The fourth-order valence-electron chi connectivity index (χ4n) is 5.33. The predicted molar refractivity (Wildman–Crippen MR) is 117 cm³/mol. The number of hydrogen-bond donors (Lipinski definition) is 0. The summed E-state index contributed by atoms with van der Waals surface area (Å²) in [6, 6.07) is 13.9. The zero-order valence-corrected chi connectivity index (χ0v) is 22.1. The molecule has 2 unspecified atom stereocenters. The molecule has 0 N–H and O–H groups in total. The Bertz CT molecular complexity index is 932. The van der Waals surface area contributed by atoms with Gasteiger partial charge in [-0.3, -0.25) is 0 Å². The van der Waals surface area contributed by atoms with Crippen LogP contribution in [-0.2, 0) is 26.2 Å². The molecular weight excluding hydrogens is 486 g/mol. The topological polar surface area (TPSA) is 0 Å². The van der Waals surface area contributed by atoms with Gasteiger partial charge in [0, 0.05) is 11.8 Å². The second kappa shape index (κ2) is 11.1. The number of halogens is 2. The quantitative estimate of drug-likeness (QED) is 0.404. The Morgan fingerprint density at radius 3 is 2.37 bits per heavy atom. The molecule has 0 aromatic heterocycles. The summed E-state index contributed by atoms with van der Waals surface area (Å²) in [6.45, 7) is 10.9. The van der Waals surface area contributed by atoms with E-state index in [4.69, 9.17) is 0 Å². The van der Waals surface area contributed by atoms with E-state index in [0.29, 0.717) is 11.8 Å². The first-order valence-corrected chi connectivity index (χ1v) is 10.2. The number of aryl methyl sites for hydroxylation is 2. The average Bonchev–Trinajstić information content (AvgIpc) is 3.28. The zero-order chi connectivity index (χ0) is 19.0. The Balaban J connectivity index is 0.00000150. The van der Waals surface area contributed by atoms with Crippen LogP contribution in [0.25, 0.3) is 11.1 Å². The van der Waals surface area contributed by atoms with Crippen LogP contribution in [0.4, 0.5) is 0 Å². The zero-order valence-electron chi connectivity index (χ0n) is 18.1. The van der Waals surface area contributed by atoms with Crippen molar-refractivity contribution in [3.63, 3.8) is 0 Å². The van der Waals surface area contributed by atoms with Crippen molar-refractivity contribution in [2.45, 2.75) is 46.0 Å². The SMILES string of the molecule is C=CCCCC(C)(C1C=CC=C1)C1c2cc(C)ccc2-c2c(C)cccc21.[Cl-].[Cl-].[Zr+2]. The average molecular weight is 517 g/mol. The van der Waals surface area contributed by atoms with E-state index in [2.05, 4.69) is 94.1 Å². The van der Waals surface area contributed by atoms with Crippen molar-refractivity contribution in [2.75, 3.05) is 0 Å². The third kappa shape index (κ3) is 4.65. The van der Waals surface area contributed by atoms with Gasteiger partial charge >= 0.3 is 26.2 Å². The van der Waals surface area contributed by atoms with Crippen LogP contribution in [0.1, 0.15) is 54.4 Å². The van der Waals surface area contributed by atoms with Crippen molar-refractivity contribution in [3.05, 3.63) is 95.6 Å². The first-order valence-electron chi connectivity index (χ1n) is 10.2. The van der Waals surface area contributed by atoms with E-state index in [9.17, 15) is 0 Å². The van der Waals surface area contributed by atoms with Crippen LogP contribution >= 0.6 is 0 Å². The molecule has 156 valence electrons. The molecule has 0 saturated carbocycles. The van der Waals surface area contributed by atoms with Crippen molar-refractivity contribution in [2.24, 2.45) is 11.3 Å². The van der Waals surface area contributed by atoms with Crippen LogP contribution in [0.2, 0.25) is 0 Å². The second-order valence-corrected chi connectivity index (χ2v) is 8.55. The molecule has 0 nitrogen and oxygen atoms in total. The number of rotatable bonds is 6. The van der Waals surface area contributed by atoms with Gasteiger partial charge in [-0.2, -0.15) is 0 Å². The van der Waals surface area contributed by atoms with Gasteiger partial charge in [0.15, 0.2) is 0 Å². The molecule has 30 heavy (non-hydrogen) atoms. The molecule has 3 heteroatoms. The Labute approximate surface area is 213 Å². The van der Waals surface area contributed by atoms with Crippen LogP contribution in [-0.4, -0.2) is 0 Å². The van der Waals surface area contributed by atoms with Crippen molar-refractivity contribution >= 4 is 0 Å². The molecule has 0 radical (unpaired) electrons. The predicted octanol–water partition coefficient (Wildman–Crippen LogP) is 1.53. The van der Waals surface area contributed by atoms with Gasteiger partial charge in [-0.25, -0.2) is 0 Å². The van der Waals surface area contributed by atoms with Gasteiger partial charge in [0.05, 0.1) is 0 Å². The minimum Gasteiger partial charge on any atom is -1.00 e. The van der Waals surface area contributed by atoms with Crippen LogP contribution in [0.15, 0.2) is 73.4 Å². The van der Waals surface area contributed by atoms with E-state index in [1.165, 1.54) is 46.2 Å². The summed E-state index contributed by atoms with van der Waals surface area (Å²) in [7, 11) is 0. The number of benzene rings is 2.